The van der Waals surface area contributed by atoms with Crippen molar-refractivity contribution in [3.8, 4) is 0 Å². The van der Waals surface area contributed by atoms with Gasteiger partial charge in [-0.05, 0) is 12.5 Å². The number of alkyl halides is 3. The number of halogens is 3. The van der Waals surface area contributed by atoms with Gasteiger partial charge in [0.15, 0.2) is 0 Å². The molecule has 1 aromatic carbocycles. The van der Waals surface area contributed by atoms with E-state index in [1.807, 2.05) is 30.3 Å². The summed E-state index contributed by atoms with van der Waals surface area (Å²) in [5, 5.41) is 12.0. The number of aromatic nitrogens is 2. The van der Waals surface area contributed by atoms with Crippen LogP contribution in [-0.2, 0) is 29.6 Å². The lowest BCUT2D eigenvalue weighted by molar-refractivity contribution is -0.159. The van der Waals surface area contributed by atoms with Gasteiger partial charge in [0, 0.05) is 0 Å². The molecule has 2 atom stereocenters. The van der Waals surface area contributed by atoms with Gasteiger partial charge in [-0.2, -0.15) is 25.3 Å². The Morgan fingerprint density at radius 1 is 1.23 bits per heavy atom. The summed E-state index contributed by atoms with van der Waals surface area (Å²) in [5.41, 5.74) is 0.798. The maximum atomic E-state index is 12.8. The Morgan fingerprint density at radius 2 is 1.91 bits per heavy atom. The van der Waals surface area contributed by atoms with Crippen LogP contribution < -0.4 is 5.32 Å². The highest BCUT2D eigenvalue weighted by molar-refractivity contribution is 8.00. The molecule has 188 valence electrons. The quantitative estimate of drug-likeness (QED) is 0.103. The zero-order valence-corrected chi connectivity index (χ0v) is 23.1. The Morgan fingerprint density at radius 3 is 2.51 bits per heavy atom. The van der Waals surface area contributed by atoms with E-state index in [4.69, 9.17) is 39.5 Å². The van der Waals surface area contributed by atoms with E-state index in [-0.39, 0.29) is 12.3 Å². The number of hydrogen-bond donors (Lipinski definition) is 3. The van der Waals surface area contributed by atoms with Crippen molar-refractivity contribution in [2.24, 2.45) is 0 Å². The number of β-lactam (4-membered cyclic amide) rings is 1. The number of carbonyl (C=O) groups excluding carboxylic acids is 3. The van der Waals surface area contributed by atoms with Crippen molar-refractivity contribution in [3.05, 3.63) is 58.1 Å². The summed E-state index contributed by atoms with van der Waals surface area (Å²) in [6.45, 7) is 0.933. The predicted molar refractivity (Wildman–Crippen MR) is 142 cm³/mol. The second-order valence-electron chi connectivity index (χ2n) is 7.65. The summed E-state index contributed by atoms with van der Waals surface area (Å²) in [5.74, 6) is -1.56. The number of rotatable bonds is 9. The van der Waals surface area contributed by atoms with Gasteiger partial charge in [0.2, 0.25) is 15.6 Å². The first kappa shape index (κ1) is 28.1. The zero-order valence-electron chi connectivity index (χ0n) is 18.2. The highest BCUT2D eigenvalue weighted by atomic mass is 35.6. The van der Waals surface area contributed by atoms with Crippen LogP contribution in [0.1, 0.15) is 15.6 Å². The van der Waals surface area contributed by atoms with Gasteiger partial charge in [0.25, 0.3) is 0 Å². The molecule has 0 bridgehead atoms. The Hall–Kier alpha value is -1.50. The molecule has 0 saturated carbocycles. The number of hydrogen-bond acceptors (Lipinski definition) is 9. The van der Waals surface area contributed by atoms with Crippen LogP contribution in [0.5, 0.6) is 0 Å². The van der Waals surface area contributed by atoms with Gasteiger partial charge < -0.3 is 15.0 Å². The van der Waals surface area contributed by atoms with E-state index in [1.165, 1.54) is 16.2 Å². The lowest BCUT2D eigenvalue weighted by atomic mass is 9.93. The maximum Gasteiger partial charge on any atom is 0.325 e. The number of nitrogens with zero attached hydrogens (tertiary/aromatic N) is 3. The fourth-order valence-corrected chi connectivity index (χ4v) is 4.58. The molecule has 2 amide bonds. The maximum absolute atomic E-state index is 12.8. The van der Waals surface area contributed by atoms with Crippen LogP contribution in [0, 0.1) is 6.92 Å². The third-order valence-electron chi connectivity index (χ3n) is 4.84. The van der Waals surface area contributed by atoms with Crippen molar-refractivity contribution in [2.45, 2.75) is 33.3 Å². The van der Waals surface area contributed by atoms with Crippen molar-refractivity contribution in [2.75, 3.05) is 13.2 Å². The lowest BCUT2D eigenvalue weighted by Gasteiger charge is -2.45. The van der Waals surface area contributed by atoms with Crippen molar-refractivity contribution < 1.29 is 19.1 Å². The molecule has 0 aliphatic carbocycles. The summed E-state index contributed by atoms with van der Waals surface area (Å²) in [6.07, 6.45) is 3.35. The van der Waals surface area contributed by atoms with Crippen molar-refractivity contribution in [1.82, 2.24) is 20.4 Å². The number of carbonyl (C=O) groups is 3. The average molecular weight is 596 g/mol. The normalized spacial score (nSPS) is 18.5. The minimum atomic E-state index is -1.78. The molecular weight excluding hydrogens is 575 g/mol. The number of nitrogens with one attached hydrogen (secondary N) is 1. The molecule has 1 aromatic heterocycles. The molecule has 1 N–H and O–H groups in total. The first-order valence-electron chi connectivity index (χ1n) is 10.2. The van der Waals surface area contributed by atoms with Gasteiger partial charge in [0.1, 0.15) is 33.3 Å². The van der Waals surface area contributed by atoms with Crippen LogP contribution in [0.3, 0.4) is 0 Å². The van der Waals surface area contributed by atoms with Crippen LogP contribution in [-0.4, -0.2) is 61.9 Å². The number of aryl methyl sites for hydroxylation is 1. The van der Waals surface area contributed by atoms with Crippen LogP contribution in [0.2, 0.25) is 0 Å². The van der Waals surface area contributed by atoms with Crippen molar-refractivity contribution in [1.29, 1.82) is 0 Å². The first-order valence-corrected chi connectivity index (χ1v) is 13.0. The molecule has 2 aromatic rings. The molecule has 2 heterocycles. The van der Waals surface area contributed by atoms with E-state index in [1.54, 1.807) is 19.1 Å². The largest absolute Gasteiger partial charge is 0.460 e. The second kappa shape index (κ2) is 11.7. The summed E-state index contributed by atoms with van der Waals surface area (Å²) in [4.78, 5) is 38.9. The highest BCUT2D eigenvalue weighted by Gasteiger charge is 2.48. The minimum absolute atomic E-state index is 0.0967. The third kappa shape index (κ3) is 7.99. The van der Waals surface area contributed by atoms with Gasteiger partial charge in [-0.1, -0.05) is 88.6 Å². The summed E-state index contributed by atoms with van der Waals surface area (Å²) in [7, 11) is 0. The number of likely N-dealkylation sites (tertiary alicyclic amines) is 1. The number of benzene rings is 1. The summed E-state index contributed by atoms with van der Waals surface area (Å²) >= 11 is 27.2. The SMILES string of the molecule is Cc1nnc(C(S)(S)C=CC2C(NC(=O)Cc3ccccc3)C(=O)N2CC(=O)OCC(Cl)(Cl)Cl)s1. The van der Waals surface area contributed by atoms with Gasteiger partial charge in [-0.25, -0.2) is 0 Å². The van der Waals surface area contributed by atoms with E-state index in [9.17, 15) is 14.4 Å². The van der Waals surface area contributed by atoms with Crippen molar-refractivity contribution >= 4 is 89.2 Å². The van der Waals surface area contributed by atoms with E-state index in [0.29, 0.717) is 5.01 Å². The van der Waals surface area contributed by atoms with Gasteiger partial charge in [-0.15, -0.1) is 10.2 Å². The van der Waals surface area contributed by atoms with E-state index >= 15 is 0 Å². The lowest BCUT2D eigenvalue weighted by Crippen LogP contribution is -2.71. The molecule has 8 nitrogen and oxygen atoms in total. The van der Waals surface area contributed by atoms with E-state index in [0.717, 1.165) is 10.6 Å². The molecule has 1 fully saturated rings. The number of ether oxygens (including phenoxy) is 1. The number of amides is 2. The zero-order chi connectivity index (χ0) is 25.8. The van der Waals surface area contributed by atoms with Gasteiger partial charge in [-0.3, -0.25) is 14.4 Å². The van der Waals surface area contributed by atoms with Gasteiger partial charge in [0.05, 0.1) is 12.5 Å². The molecule has 0 radical (unpaired) electrons. The second-order valence-corrected chi connectivity index (χ2v) is 13.1. The molecule has 2 unspecified atom stereocenters. The monoisotopic (exact) mass is 594 g/mol. The molecule has 1 aliphatic rings. The van der Waals surface area contributed by atoms with Crippen LogP contribution in [0.15, 0.2) is 42.5 Å². The van der Waals surface area contributed by atoms with Crippen molar-refractivity contribution in [3.63, 3.8) is 0 Å². The topological polar surface area (TPSA) is 101 Å². The Labute approximate surface area is 232 Å². The minimum Gasteiger partial charge on any atom is -0.460 e. The first-order chi connectivity index (χ1) is 16.4. The number of thiol groups is 2. The molecular formula is C21H21Cl3N4O4S3. The molecule has 0 spiro atoms. The Bertz CT molecular complexity index is 1110. The molecule has 14 heteroatoms. The standard InChI is InChI=1S/C21H21Cl3N4O4S3/c1-12-26-27-19(35-12)20(33,34)8-7-14-17(25-15(29)9-13-5-3-2-4-6-13)18(31)28(14)10-16(30)32-11-21(22,23)24/h2-8,14,17,33-34H,9-11H2,1H3,(H,25,29). The summed E-state index contributed by atoms with van der Waals surface area (Å²) < 4.78 is 2.06. The Balaban J connectivity index is 1.74. The fourth-order valence-electron chi connectivity index (χ4n) is 3.22. The summed E-state index contributed by atoms with van der Waals surface area (Å²) in [6, 6.07) is 7.55. The smallest absolute Gasteiger partial charge is 0.325 e. The molecule has 35 heavy (non-hydrogen) atoms. The molecule has 1 aliphatic heterocycles. The predicted octanol–water partition coefficient (Wildman–Crippen LogP) is 3.27. The molecule has 1 saturated heterocycles. The van der Waals surface area contributed by atoms with Crippen LogP contribution in [0.4, 0.5) is 0 Å². The van der Waals surface area contributed by atoms with E-state index < -0.39 is 45.0 Å². The van der Waals surface area contributed by atoms with Crippen LogP contribution in [0.25, 0.3) is 0 Å². The van der Waals surface area contributed by atoms with Gasteiger partial charge >= 0.3 is 5.97 Å². The highest BCUT2D eigenvalue weighted by Crippen LogP contribution is 2.37. The third-order valence-corrected chi connectivity index (χ3v) is 7.16. The average Bonchev–Trinajstić information content (AvgIpc) is 3.23. The fraction of sp³-hybridized carbons (Fsp3) is 0.381. The van der Waals surface area contributed by atoms with Crippen LogP contribution >= 0.6 is 71.4 Å². The number of esters is 1. The molecule has 3 rings (SSSR count). The Kier molecular flexibility index (Phi) is 9.39. The van der Waals surface area contributed by atoms with E-state index in [2.05, 4.69) is 40.8 Å².